The van der Waals surface area contributed by atoms with Crippen LogP contribution in [0.1, 0.15) is 36.8 Å². The number of benzene rings is 1. The number of hydrogen-bond acceptors (Lipinski definition) is 8. The minimum atomic E-state index is -0.160. The van der Waals surface area contributed by atoms with Gasteiger partial charge in [0.1, 0.15) is 23.8 Å². The van der Waals surface area contributed by atoms with Gasteiger partial charge in [-0.2, -0.15) is 0 Å². The van der Waals surface area contributed by atoms with Crippen LogP contribution in [0.15, 0.2) is 43.1 Å². The molecule has 0 bridgehead atoms. The second-order valence-corrected chi connectivity index (χ2v) is 9.57. The Bertz CT molecular complexity index is 1130. The zero-order chi connectivity index (χ0) is 23.0. The first-order valence-corrected chi connectivity index (χ1v) is 11.3. The van der Waals surface area contributed by atoms with E-state index in [1.165, 1.54) is 17.5 Å². The molecule has 1 fully saturated rings. The maximum atomic E-state index is 6.22. The Hall–Kier alpha value is -3.10. The second-order valence-electron chi connectivity index (χ2n) is 9.57. The molecule has 0 spiro atoms. The van der Waals surface area contributed by atoms with Crippen LogP contribution in [0.4, 0.5) is 5.95 Å². The quantitative estimate of drug-likeness (QED) is 0.591. The molecule has 1 atom stereocenters. The number of ether oxygens (including phenoxy) is 2. The molecule has 33 heavy (non-hydrogen) atoms. The number of morpholine rings is 1. The number of rotatable bonds is 5. The molecule has 2 aromatic heterocycles. The van der Waals surface area contributed by atoms with Crippen molar-refractivity contribution in [3.63, 3.8) is 0 Å². The third-order valence-corrected chi connectivity index (χ3v) is 6.07. The van der Waals surface area contributed by atoms with Gasteiger partial charge in [0.05, 0.1) is 12.3 Å². The number of fused-ring (bicyclic) bond motifs is 1. The van der Waals surface area contributed by atoms with Crippen molar-refractivity contribution < 1.29 is 9.47 Å². The predicted molar refractivity (Wildman–Crippen MR) is 126 cm³/mol. The standard InChI is InChI=1S/C25H30N6O2/c1-25(2)10-18-9-17(5-6-21(18)33-25)14-31-7-8-32-22(15-31)23-20(19-11-26-16-27-12-19)13-28-24(29-23)30(3)4/h5-6,9,11-13,16,22H,7-8,10,14-15H2,1-4H3/t22-/m0/s1. The lowest BCUT2D eigenvalue weighted by Gasteiger charge is -2.33. The van der Waals surface area contributed by atoms with E-state index in [-0.39, 0.29) is 11.7 Å². The Balaban J connectivity index is 1.38. The van der Waals surface area contributed by atoms with E-state index in [1.807, 2.05) is 25.2 Å². The normalized spacial score (nSPS) is 19.7. The highest BCUT2D eigenvalue weighted by Gasteiger charge is 2.31. The van der Waals surface area contributed by atoms with Gasteiger partial charge in [-0.15, -0.1) is 0 Å². The average Bonchev–Trinajstić information content (AvgIpc) is 3.12. The van der Waals surface area contributed by atoms with Gasteiger partial charge < -0.3 is 14.4 Å². The van der Waals surface area contributed by atoms with Gasteiger partial charge in [0.25, 0.3) is 0 Å². The molecule has 5 rings (SSSR count). The van der Waals surface area contributed by atoms with Crippen LogP contribution in [0.25, 0.3) is 11.1 Å². The molecule has 2 aliphatic heterocycles. The van der Waals surface area contributed by atoms with Crippen molar-refractivity contribution in [3.8, 4) is 16.9 Å². The predicted octanol–water partition coefficient (Wildman–Crippen LogP) is 3.29. The van der Waals surface area contributed by atoms with Gasteiger partial charge in [0.15, 0.2) is 0 Å². The summed E-state index contributed by atoms with van der Waals surface area (Å²) in [7, 11) is 3.88. The van der Waals surface area contributed by atoms with Crippen molar-refractivity contribution >= 4 is 5.95 Å². The second kappa shape index (κ2) is 8.68. The topological polar surface area (TPSA) is 76.5 Å². The Morgan fingerprint density at radius 1 is 1.15 bits per heavy atom. The van der Waals surface area contributed by atoms with Crippen LogP contribution in [-0.4, -0.2) is 64.2 Å². The zero-order valence-electron chi connectivity index (χ0n) is 19.7. The molecule has 1 aromatic carbocycles. The number of aromatic nitrogens is 4. The highest BCUT2D eigenvalue weighted by Crippen LogP contribution is 2.36. The van der Waals surface area contributed by atoms with Crippen LogP contribution in [-0.2, 0) is 17.7 Å². The summed E-state index contributed by atoms with van der Waals surface area (Å²) in [4.78, 5) is 22.1. The van der Waals surface area contributed by atoms with E-state index in [1.54, 1.807) is 12.4 Å². The van der Waals surface area contributed by atoms with Crippen molar-refractivity contribution in [2.45, 2.75) is 38.5 Å². The zero-order valence-corrected chi connectivity index (χ0v) is 19.7. The minimum absolute atomic E-state index is 0.125. The molecule has 1 saturated heterocycles. The SMILES string of the molecule is CN(C)c1ncc(-c2cncnc2)c([C@@H]2CN(Cc3ccc4c(c3)CC(C)(C)O4)CCO2)n1. The molecule has 4 heterocycles. The number of anilines is 1. The van der Waals surface area contributed by atoms with E-state index in [0.29, 0.717) is 12.6 Å². The molecule has 0 saturated carbocycles. The van der Waals surface area contributed by atoms with Crippen molar-refractivity contribution in [1.29, 1.82) is 0 Å². The summed E-state index contributed by atoms with van der Waals surface area (Å²) >= 11 is 0. The lowest BCUT2D eigenvalue weighted by Crippen LogP contribution is -2.38. The molecule has 0 amide bonds. The molecule has 8 nitrogen and oxygen atoms in total. The summed E-state index contributed by atoms with van der Waals surface area (Å²) < 4.78 is 12.3. The van der Waals surface area contributed by atoms with Crippen LogP contribution >= 0.6 is 0 Å². The van der Waals surface area contributed by atoms with Crippen LogP contribution in [0.3, 0.4) is 0 Å². The van der Waals surface area contributed by atoms with Crippen molar-refractivity contribution in [3.05, 3.63) is 59.9 Å². The van der Waals surface area contributed by atoms with Crippen LogP contribution < -0.4 is 9.64 Å². The van der Waals surface area contributed by atoms with Gasteiger partial charge in [0.2, 0.25) is 5.95 Å². The van der Waals surface area contributed by atoms with E-state index in [4.69, 9.17) is 14.5 Å². The maximum absolute atomic E-state index is 6.22. The third kappa shape index (κ3) is 4.67. The molecular weight excluding hydrogens is 416 g/mol. The molecule has 0 N–H and O–H groups in total. The Morgan fingerprint density at radius 2 is 1.97 bits per heavy atom. The molecule has 0 radical (unpaired) electrons. The average molecular weight is 447 g/mol. The monoisotopic (exact) mass is 446 g/mol. The maximum Gasteiger partial charge on any atom is 0.225 e. The molecule has 3 aromatic rings. The van der Waals surface area contributed by atoms with Gasteiger partial charge >= 0.3 is 0 Å². The number of hydrogen-bond donors (Lipinski definition) is 0. The smallest absolute Gasteiger partial charge is 0.225 e. The molecule has 172 valence electrons. The number of nitrogens with zero attached hydrogens (tertiary/aromatic N) is 6. The highest BCUT2D eigenvalue weighted by atomic mass is 16.5. The summed E-state index contributed by atoms with van der Waals surface area (Å²) in [5, 5.41) is 0. The van der Waals surface area contributed by atoms with Gasteiger partial charge in [0, 0.05) is 69.9 Å². The molecule has 8 heteroatoms. The largest absolute Gasteiger partial charge is 0.487 e. The van der Waals surface area contributed by atoms with E-state index in [2.05, 4.69) is 51.9 Å². The fourth-order valence-electron chi connectivity index (χ4n) is 4.54. The summed E-state index contributed by atoms with van der Waals surface area (Å²) in [5.41, 5.74) is 5.13. The molecule has 2 aliphatic rings. The molecule has 0 aliphatic carbocycles. The van der Waals surface area contributed by atoms with Crippen molar-refractivity contribution in [2.24, 2.45) is 0 Å². The highest BCUT2D eigenvalue weighted by molar-refractivity contribution is 5.64. The summed E-state index contributed by atoms with van der Waals surface area (Å²) in [6, 6.07) is 6.57. The van der Waals surface area contributed by atoms with E-state index < -0.39 is 0 Å². The lowest BCUT2D eigenvalue weighted by atomic mass is 10.00. The fourth-order valence-corrected chi connectivity index (χ4v) is 4.54. The third-order valence-electron chi connectivity index (χ3n) is 6.07. The van der Waals surface area contributed by atoms with Gasteiger partial charge in [-0.05, 0) is 31.0 Å². The van der Waals surface area contributed by atoms with Crippen molar-refractivity contribution in [2.75, 3.05) is 38.7 Å². The Labute approximate surface area is 194 Å². The lowest BCUT2D eigenvalue weighted by molar-refractivity contribution is -0.0347. The fraction of sp³-hybridized carbons (Fsp3) is 0.440. The summed E-state index contributed by atoms with van der Waals surface area (Å²) in [6.07, 6.45) is 7.74. The van der Waals surface area contributed by atoms with Crippen LogP contribution in [0, 0.1) is 0 Å². The van der Waals surface area contributed by atoms with E-state index in [9.17, 15) is 0 Å². The van der Waals surface area contributed by atoms with Crippen LogP contribution in [0.2, 0.25) is 0 Å². The van der Waals surface area contributed by atoms with Gasteiger partial charge in [-0.25, -0.2) is 19.9 Å². The van der Waals surface area contributed by atoms with E-state index >= 15 is 0 Å². The van der Waals surface area contributed by atoms with Gasteiger partial charge in [-0.3, -0.25) is 4.90 Å². The summed E-state index contributed by atoms with van der Waals surface area (Å²) in [6.45, 7) is 7.42. The van der Waals surface area contributed by atoms with E-state index in [0.717, 1.165) is 48.6 Å². The first-order chi connectivity index (χ1) is 15.9. The molecular formula is C25H30N6O2. The first kappa shape index (κ1) is 21.7. The van der Waals surface area contributed by atoms with Gasteiger partial charge in [-0.1, -0.05) is 12.1 Å². The van der Waals surface area contributed by atoms with Crippen molar-refractivity contribution in [1.82, 2.24) is 24.8 Å². The summed E-state index contributed by atoms with van der Waals surface area (Å²) in [5.74, 6) is 1.67. The van der Waals surface area contributed by atoms with Crippen LogP contribution in [0.5, 0.6) is 5.75 Å². The molecule has 0 unspecified atom stereocenters. The Morgan fingerprint density at radius 3 is 2.76 bits per heavy atom. The Kier molecular flexibility index (Phi) is 5.72. The first-order valence-electron chi connectivity index (χ1n) is 11.3. The minimum Gasteiger partial charge on any atom is -0.487 e.